The van der Waals surface area contributed by atoms with Gasteiger partial charge in [0.2, 0.25) is 5.91 Å². The van der Waals surface area contributed by atoms with Crippen LogP contribution in [0.4, 0.5) is 5.69 Å². The highest BCUT2D eigenvalue weighted by Crippen LogP contribution is 2.18. The summed E-state index contributed by atoms with van der Waals surface area (Å²) in [6.45, 7) is 5.19. The van der Waals surface area contributed by atoms with Crippen LogP contribution in [0.2, 0.25) is 0 Å². The molecule has 182 valence electrons. The van der Waals surface area contributed by atoms with E-state index in [-0.39, 0.29) is 5.91 Å². The van der Waals surface area contributed by atoms with E-state index in [0.717, 1.165) is 37.3 Å². The van der Waals surface area contributed by atoms with Crippen LogP contribution >= 0.6 is 12.2 Å². The van der Waals surface area contributed by atoms with Crippen molar-refractivity contribution in [1.82, 2.24) is 5.32 Å². The molecule has 1 aromatic rings. The molecule has 0 saturated heterocycles. The van der Waals surface area contributed by atoms with Gasteiger partial charge in [-0.15, -0.1) is 0 Å². The summed E-state index contributed by atoms with van der Waals surface area (Å²) in [6.07, 6.45) is 19.3. The van der Waals surface area contributed by atoms with E-state index in [4.69, 9.17) is 17.0 Å². The lowest BCUT2D eigenvalue weighted by Crippen LogP contribution is -2.33. The smallest absolute Gasteiger partial charge is 0.226 e. The zero-order valence-electron chi connectivity index (χ0n) is 20.6. The molecule has 0 fully saturated rings. The summed E-state index contributed by atoms with van der Waals surface area (Å²) in [6, 6.07) is 7.72. The van der Waals surface area contributed by atoms with Gasteiger partial charge in [-0.05, 0) is 37.2 Å². The molecule has 0 saturated carbocycles. The van der Waals surface area contributed by atoms with Crippen LogP contribution in [0.1, 0.15) is 117 Å². The number of amides is 1. The van der Waals surface area contributed by atoms with Gasteiger partial charge >= 0.3 is 0 Å². The van der Waals surface area contributed by atoms with Crippen LogP contribution in [0, 0.1) is 0 Å². The van der Waals surface area contributed by atoms with E-state index >= 15 is 0 Å². The van der Waals surface area contributed by atoms with E-state index in [1.165, 1.54) is 77.0 Å². The minimum atomic E-state index is -0.0123. The van der Waals surface area contributed by atoms with Crippen molar-refractivity contribution in [1.29, 1.82) is 0 Å². The molecule has 0 unspecified atom stereocenters. The second-order valence-electron chi connectivity index (χ2n) is 8.72. The van der Waals surface area contributed by atoms with Gasteiger partial charge < -0.3 is 15.4 Å². The average molecular weight is 463 g/mol. The number of benzene rings is 1. The van der Waals surface area contributed by atoms with E-state index in [1.807, 2.05) is 24.3 Å². The Hall–Kier alpha value is -1.62. The summed E-state index contributed by atoms with van der Waals surface area (Å²) in [7, 11) is 0. The minimum absolute atomic E-state index is 0.0123. The van der Waals surface area contributed by atoms with Crippen molar-refractivity contribution in [2.45, 2.75) is 117 Å². The lowest BCUT2D eigenvalue weighted by Gasteiger charge is -2.11. The van der Waals surface area contributed by atoms with Crippen molar-refractivity contribution in [2.24, 2.45) is 0 Å². The molecule has 0 atom stereocenters. The Morgan fingerprint density at radius 1 is 0.812 bits per heavy atom. The molecule has 5 heteroatoms. The molecule has 32 heavy (non-hydrogen) atoms. The Labute approximate surface area is 202 Å². The van der Waals surface area contributed by atoms with Crippen LogP contribution in [0.15, 0.2) is 24.3 Å². The first-order valence-electron chi connectivity index (χ1n) is 13.0. The first-order chi connectivity index (χ1) is 15.7. The van der Waals surface area contributed by atoms with Gasteiger partial charge in [-0.3, -0.25) is 4.79 Å². The van der Waals surface area contributed by atoms with Crippen LogP contribution in [0.3, 0.4) is 0 Å². The highest BCUT2D eigenvalue weighted by molar-refractivity contribution is 7.80. The molecular formula is C27H46N2O2S. The molecule has 1 amide bonds. The fraction of sp³-hybridized carbons (Fsp3) is 0.704. The van der Waals surface area contributed by atoms with Crippen molar-refractivity contribution in [3.05, 3.63) is 24.3 Å². The topological polar surface area (TPSA) is 50.4 Å². The molecule has 0 spiro atoms. The van der Waals surface area contributed by atoms with E-state index in [9.17, 15) is 4.79 Å². The zero-order valence-corrected chi connectivity index (χ0v) is 21.4. The molecule has 0 heterocycles. The molecule has 4 nitrogen and oxygen atoms in total. The highest BCUT2D eigenvalue weighted by atomic mass is 32.1. The molecule has 0 bridgehead atoms. The Kier molecular flexibility index (Phi) is 17.8. The van der Waals surface area contributed by atoms with Crippen molar-refractivity contribution < 1.29 is 9.53 Å². The molecule has 0 aromatic heterocycles. The normalized spacial score (nSPS) is 10.7. The van der Waals surface area contributed by atoms with E-state index in [0.29, 0.717) is 11.5 Å². The number of rotatable bonds is 19. The summed E-state index contributed by atoms with van der Waals surface area (Å²) in [4.78, 5) is 12.1. The van der Waals surface area contributed by atoms with Crippen molar-refractivity contribution in [2.75, 3.05) is 11.9 Å². The van der Waals surface area contributed by atoms with Gasteiger partial charge in [0.15, 0.2) is 5.11 Å². The van der Waals surface area contributed by atoms with Gasteiger partial charge in [-0.1, -0.05) is 103 Å². The minimum Gasteiger partial charge on any atom is -0.494 e. The van der Waals surface area contributed by atoms with Crippen LogP contribution in [-0.2, 0) is 4.79 Å². The second-order valence-corrected chi connectivity index (χ2v) is 9.13. The third-order valence-electron chi connectivity index (χ3n) is 5.62. The predicted octanol–water partition coefficient (Wildman–Crippen LogP) is 8.16. The van der Waals surface area contributed by atoms with Crippen LogP contribution in [-0.4, -0.2) is 17.6 Å². The highest BCUT2D eigenvalue weighted by Gasteiger charge is 2.06. The number of unbranched alkanes of at least 4 members (excludes halogenated alkanes) is 13. The lowest BCUT2D eigenvalue weighted by atomic mass is 10.1. The number of carbonyl (C=O) groups excluding carboxylic acids is 1. The first-order valence-corrected chi connectivity index (χ1v) is 13.4. The molecule has 0 aliphatic rings. The summed E-state index contributed by atoms with van der Waals surface area (Å²) >= 11 is 5.29. The molecule has 1 rings (SSSR count). The van der Waals surface area contributed by atoms with Crippen LogP contribution in [0.25, 0.3) is 0 Å². The standard InChI is InChI=1S/C27H46N2O2S/c1-3-5-7-9-10-11-12-13-14-15-16-21-26(30)29-27(32)28-24-19-18-20-25(23-24)31-22-17-8-6-4-2/h18-20,23H,3-17,21-22H2,1-2H3,(H2,28,29,30,32). The van der Waals surface area contributed by atoms with Crippen LogP contribution in [0.5, 0.6) is 5.75 Å². The quantitative estimate of drug-likeness (QED) is 0.161. The van der Waals surface area contributed by atoms with Gasteiger partial charge in [0.1, 0.15) is 5.75 Å². The van der Waals surface area contributed by atoms with Gasteiger partial charge in [-0.2, -0.15) is 0 Å². The summed E-state index contributed by atoms with van der Waals surface area (Å²) in [5.74, 6) is 0.809. The number of carbonyl (C=O) groups is 1. The second kappa shape index (κ2) is 20.0. The molecule has 1 aromatic carbocycles. The third-order valence-corrected chi connectivity index (χ3v) is 5.82. The van der Waals surface area contributed by atoms with Crippen molar-refractivity contribution in [3.8, 4) is 5.75 Å². The fourth-order valence-electron chi connectivity index (χ4n) is 3.68. The van der Waals surface area contributed by atoms with Crippen molar-refractivity contribution in [3.63, 3.8) is 0 Å². The maximum absolute atomic E-state index is 12.1. The first kappa shape index (κ1) is 28.4. The zero-order chi connectivity index (χ0) is 23.3. The lowest BCUT2D eigenvalue weighted by molar-refractivity contribution is -0.119. The van der Waals surface area contributed by atoms with Gasteiger partial charge in [0.05, 0.1) is 6.61 Å². The number of hydrogen-bond acceptors (Lipinski definition) is 3. The van der Waals surface area contributed by atoms with E-state index < -0.39 is 0 Å². The van der Waals surface area contributed by atoms with Gasteiger partial charge in [0.25, 0.3) is 0 Å². The SMILES string of the molecule is CCCCCCCCCCCCCC(=O)NC(=S)Nc1cccc(OCCCCCC)c1. The van der Waals surface area contributed by atoms with Gasteiger partial charge in [-0.25, -0.2) is 0 Å². The maximum Gasteiger partial charge on any atom is 0.226 e. The van der Waals surface area contributed by atoms with Gasteiger partial charge in [0, 0.05) is 18.2 Å². The molecule has 0 radical (unpaired) electrons. The van der Waals surface area contributed by atoms with E-state index in [1.54, 1.807) is 0 Å². The largest absolute Gasteiger partial charge is 0.494 e. The van der Waals surface area contributed by atoms with E-state index in [2.05, 4.69) is 24.5 Å². The number of thiocarbonyl (C=S) groups is 1. The molecule has 0 aliphatic carbocycles. The average Bonchev–Trinajstić information content (AvgIpc) is 2.77. The monoisotopic (exact) mass is 462 g/mol. The number of anilines is 1. The number of ether oxygens (including phenoxy) is 1. The Morgan fingerprint density at radius 3 is 2.00 bits per heavy atom. The Morgan fingerprint density at radius 2 is 1.38 bits per heavy atom. The van der Waals surface area contributed by atoms with Crippen LogP contribution < -0.4 is 15.4 Å². The maximum atomic E-state index is 12.1. The Bertz CT molecular complexity index is 621. The summed E-state index contributed by atoms with van der Waals surface area (Å²) in [5.41, 5.74) is 0.830. The number of nitrogens with one attached hydrogen (secondary N) is 2. The number of hydrogen-bond donors (Lipinski definition) is 2. The summed E-state index contributed by atoms with van der Waals surface area (Å²) < 4.78 is 5.81. The molecular weight excluding hydrogens is 416 g/mol. The third kappa shape index (κ3) is 16.1. The fourth-order valence-corrected chi connectivity index (χ4v) is 3.92. The molecule has 2 N–H and O–H groups in total. The molecule has 0 aliphatic heterocycles. The predicted molar refractivity (Wildman–Crippen MR) is 142 cm³/mol. The van der Waals surface area contributed by atoms with Crippen molar-refractivity contribution >= 4 is 28.9 Å². The summed E-state index contributed by atoms with van der Waals surface area (Å²) in [5, 5.41) is 6.22. The Balaban J connectivity index is 2.09.